The Morgan fingerprint density at radius 2 is 1.96 bits per heavy atom. The molecule has 0 unspecified atom stereocenters. The SMILES string of the molecule is NCC/C=C/C(=O)Nc1cccc(-c2n[nH]c(=O)c3ccccc23)c1. The van der Waals surface area contributed by atoms with Gasteiger partial charge in [-0.15, -0.1) is 0 Å². The van der Waals surface area contributed by atoms with Gasteiger partial charge in [0.15, 0.2) is 0 Å². The monoisotopic (exact) mass is 334 g/mol. The summed E-state index contributed by atoms with van der Waals surface area (Å²) in [7, 11) is 0. The molecule has 0 saturated heterocycles. The van der Waals surface area contributed by atoms with Gasteiger partial charge in [-0.1, -0.05) is 36.4 Å². The molecule has 0 aliphatic carbocycles. The molecule has 3 aromatic rings. The molecule has 126 valence electrons. The third kappa shape index (κ3) is 3.81. The molecule has 4 N–H and O–H groups in total. The topological polar surface area (TPSA) is 101 Å². The highest BCUT2D eigenvalue weighted by Crippen LogP contribution is 2.26. The number of fused-ring (bicyclic) bond motifs is 1. The summed E-state index contributed by atoms with van der Waals surface area (Å²) in [5.41, 5.74) is 7.27. The lowest BCUT2D eigenvalue weighted by Gasteiger charge is -2.08. The van der Waals surface area contributed by atoms with Gasteiger partial charge in [0, 0.05) is 16.6 Å². The number of carbonyl (C=O) groups excluding carboxylic acids is 1. The predicted molar refractivity (Wildman–Crippen MR) is 99.2 cm³/mol. The maximum Gasteiger partial charge on any atom is 0.272 e. The molecule has 0 saturated carbocycles. The first-order valence-electron chi connectivity index (χ1n) is 7.94. The highest BCUT2D eigenvalue weighted by molar-refractivity contribution is 6.00. The molecular formula is C19H18N4O2. The summed E-state index contributed by atoms with van der Waals surface area (Å²) in [6.45, 7) is 0.504. The van der Waals surface area contributed by atoms with Crippen molar-refractivity contribution in [1.82, 2.24) is 10.2 Å². The molecule has 0 fully saturated rings. The molecule has 0 spiro atoms. The summed E-state index contributed by atoms with van der Waals surface area (Å²) < 4.78 is 0. The zero-order valence-corrected chi connectivity index (χ0v) is 13.5. The summed E-state index contributed by atoms with van der Waals surface area (Å²) >= 11 is 0. The summed E-state index contributed by atoms with van der Waals surface area (Å²) in [6, 6.07) is 14.6. The number of benzene rings is 2. The lowest BCUT2D eigenvalue weighted by molar-refractivity contribution is -0.111. The van der Waals surface area contributed by atoms with Crippen molar-refractivity contribution in [2.75, 3.05) is 11.9 Å². The quantitative estimate of drug-likeness (QED) is 0.624. The molecule has 0 bridgehead atoms. The van der Waals surface area contributed by atoms with Crippen molar-refractivity contribution in [2.45, 2.75) is 6.42 Å². The van der Waals surface area contributed by atoms with Crippen LogP contribution in [0.5, 0.6) is 0 Å². The number of rotatable bonds is 5. The fraction of sp³-hybridized carbons (Fsp3) is 0.105. The van der Waals surface area contributed by atoms with E-state index in [9.17, 15) is 9.59 Å². The summed E-state index contributed by atoms with van der Waals surface area (Å²) in [5, 5.41) is 10.8. The van der Waals surface area contributed by atoms with Crippen LogP contribution in [0.4, 0.5) is 5.69 Å². The normalized spacial score (nSPS) is 11.1. The van der Waals surface area contributed by atoms with Crippen LogP contribution in [-0.2, 0) is 4.79 Å². The number of aromatic amines is 1. The Bertz CT molecular complexity index is 992. The van der Waals surface area contributed by atoms with Crippen LogP contribution in [0.25, 0.3) is 22.0 Å². The molecule has 0 atom stereocenters. The molecule has 6 nitrogen and oxygen atoms in total. The number of anilines is 1. The van der Waals surface area contributed by atoms with Gasteiger partial charge in [0.25, 0.3) is 5.56 Å². The molecule has 6 heteroatoms. The van der Waals surface area contributed by atoms with E-state index in [1.807, 2.05) is 36.4 Å². The second-order valence-electron chi connectivity index (χ2n) is 5.50. The summed E-state index contributed by atoms with van der Waals surface area (Å²) in [6.07, 6.45) is 3.85. The van der Waals surface area contributed by atoms with E-state index in [0.717, 1.165) is 10.9 Å². The smallest absolute Gasteiger partial charge is 0.272 e. The van der Waals surface area contributed by atoms with Crippen LogP contribution < -0.4 is 16.6 Å². The first-order chi connectivity index (χ1) is 12.2. The van der Waals surface area contributed by atoms with Gasteiger partial charge in [-0.05, 0) is 37.2 Å². The molecule has 0 aliphatic heterocycles. The third-order valence-corrected chi connectivity index (χ3v) is 3.70. The minimum Gasteiger partial charge on any atom is -0.330 e. The Kier molecular flexibility index (Phi) is 5.01. The van der Waals surface area contributed by atoms with E-state index in [1.165, 1.54) is 6.08 Å². The Balaban J connectivity index is 1.94. The molecule has 3 rings (SSSR count). The Labute approximate surface area is 144 Å². The van der Waals surface area contributed by atoms with Crippen LogP contribution in [-0.4, -0.2) is 22.6 Å². The predicted octanol–water partition coefficient (Wildman–Crippen LogP) is 2.43. The number of hydrogen-bond donors (Lipinski definition) is 3. The number of nitrogens with two attached hydrogens (primary N) is 1. The van der Waals surface area contributed by atoms with Crippen molar-refractivity contribution in [3.8, 4) is 11.3 Å². The van der Waals surface area contributed by atoms with E-state index in [1.54, 1.807) is 18.2 Å². The number of amides is 1. The van der Waals surface area contributed by atoms with Crippen molar-refractivity contribution in [1.29, 1.82) is 0 Å². The van der Waals surface area contributed by atoms with Crippen LogP contribution in [0.2, 0.25) is 0 Å². The van der Waals surface area contributed by atoms with Gasteiger partial charge in [0.2, 0.25) is 5.91 Å². The van der Waals surface area contributed by atoms with Gasteiger partial charge in [-0.25, -0.2) is 5.10 Å². The lowest BCUT2D eigenvalue weighted by atomic mass is 10.0. The van der Waals surface area contributed by atoms with E-state index >= 15 is 0 Å². The van der Waals surface area contributed by atoms with Crippen molar-refractivity contribution >= 4 is 22.4 Å². The Morgan fingerprint density at radius 3 is 2.76 bits per heavy atom. The zero-order chi connectivity index (χ0) is 17.6. The van der Waals surface area contributed by atoms with Crippen molar-refractivity contribution in [3.63, 3.8) is 0 Å². The number of nitrogens with zero attached hydrogens (tertiary/aromatic N) is 1. The van der Waals surface area contributed by atoms with E-state index in [2.05, 4.69) is 15.5 Å². The molecule has 25 heavy (non-hydrogen) atoms. The van der Waals surface area contributed by atoms with Crippen LogP contribution in [0, 0.1) is 0 Å². The van der Waals surface area contributed by atoms with Crippen LogP contribution >= 0.6 is 0 Å². The van der Waals surface area contributed by atoms with E-state index < -0.39 is 0 Å². The van der Waals surface area contributed by atoms with E-state index in [4.69, 9.17) is 5.73 Å². The standard InChI is InChI=1S/C19H18N4O2/c20-11-4-3-10-17(24)21-14-7-5-6-13(12-14)18-15-8-1-2-9-16(15)19(25)23-22-18/h1-3,5-10,12H,4,11,20H2,(H,21,24)(H,23,25)/b10-3+. The minimum absolute atomic E-state index is 0.218. The first kappa shape index (κ1) is 16.6. The van der Waals surface area contributed by atoms with Gasteiger partial charge >= 0.3 is 0 Å². The van der Waals surface area contributed by atoms with Crippen LogP contribution in [0.3, 0.4) is 0 Å². The second-order valence-corrected chi connectivity index (χ2v) is 5.50. The number of hydrogen-bond acceptors (Lipinski definition) is 4. The summed E-state index contributed by atoms with van der Waals surface area (Å²) in [5.74, 6) is -0.218. The molecule has 0 radical (unpaired) electrons. The van der Waals surface area contributed by atoms with Gasteiger partial charge < -0.3 is 11.1 Å². The minimum atomic E-state index is -0.228. The highest BCUT2D eigenvalue weighted by atomic mass is 16.1. The Morgan fingerprint density at radius 1 is 1.16 bits per heavy atom. The van der Waals surface area contributed by atoms with Crippen molar-refractivity contribution in [2.24, 2.45) is 5.73 Å². The van der Waals surface area contributed by atoms with Gasteiger partial charge in [0.1, 0.15) is 0 Å². The molecule has 1 aromatic heterocycles. The third-order valence-electron chi connectivity index (χ3n) is 3.70. The zero-order valence-electron chi connectivity index (χ0n) is 13.5. The second kappa shape index (κ2) is 7.55. The maximum absolute atomic E-state index is 11.9. The first-order valence-corrected chi connectivity index (χ1v) is 7.94. The van der Waals surface area contributed by atoms with Gasteiger partial charge in [-0.2, -0.15) is 5.10 Å². The van der Waals surface area contributed by atoms with Gasteiger partial charge in [-0.3, -0.25) is 9.59 Å². The fourth-order valence-corrected chi connectivity index (χ4v) is 2.55. The van der Waals surface area contributed by atoms with Crippen LogP contribution in [0.15, 0.2) is 65.5 Å². The number of aromatic nitrogens is 2. The Hall–Kier alpha value is -3.25. The average Bonchev–Trinajstić information content (AvgIpc) is 2.63. The van der Waals surface area contributed by atoms with Crippen LogP contribution in [0.1, 0.15) is 6.42 Å². The lowest BCUT2D eigenvalue weighted by Crippen LogP contribution is -2.10. The van der Waals surface area contributed by atoms with Crippen molar-refractivity contribution < 1.29 is 4.79 Å². The van der Waals surface area contributed by atoms with Crippen molar-refractivity contribution in [3.05, 3.63) is 71.0 Å². The number of H-pyrrole nitrogens is 1. The highest BCUT2D eigenvalue weighted by Gasteiger charge is 2.09. The fourth-order valence-electron chi connectivity index (χ4n) is 2.55. The van der Waals surface area contributed by atoms with E-state index in [0.29, 0.717) is 29.7 Å². The van der Waals surface area contributed by atoms with Gasteiger partial charge in [0.05, 0.1) is 11.1 Å². The molecule has 0 aliphatic rings. The largest absolute Gasteiger partial charge is 0.330 e. The maximum atomic E-state index is 11.9. The molecular weight excluding hydrogens is 316 g/mol. The molecule has 2 aromatic carbocycles. The average molecular weight is 334 g/mol. The van der Waals surface area contributed by atoms with E-state index in [-0.39, 0.29) is 11.5 Å². The molecule has 1 heterocycles. The summed E-state index contributed by atoms with van der Waals surface area (Å²) in [4.78, 5) is 23.8. The number of carbonyl (C=O) groups is 1. The number of nitrogens with one attached hydrogen (secondary N) is 2. The molecule has 1 amide bonds.